The predicted octanol–water partition coefficient (Wildman–Crippen LogP) is 3.96. The second-order valence-electron chi connectivity index (χ2n) is 5.17. The molecule has 0 amide bonds. The molecular formula is C17H16ClFN4O. The Morgan fingerprint density at radius 1 is 1.12 bits per heavy atom. The van der Waals surface area contributed by atoms with E-state index in [1.165, 1.54) is 12.1 Å². The van der Waals surface area contributed by atoms with Crippen LogP contribution >= 0.6 is 11.6 Å². The Bertz CT molecular complexity index is 859. The summed E-state index contributed by atoms with van der Waals surface area (Å²) in [6.45, 7) is 0.703. The Labute approximate surface area is 143 Å². The van der Waals surface area contributed by atoms with Crippen molar-refractivity contribution in [2.75, 3.05) is 23.8 Å². The number of rotatable bonds is 6. The maximum absolute atomic E-state index is 13.3. The lowest BCUT2D eigenvalue weighted by Crippen LogP contribution is -2.08. The fourth-order valence-electron chi connectivity index (χ4n) is 2.26. The zero-order chi connectivity index (χ0) is 16.9. The quantitative estimate of drug-likeness (QED) is 0.589. The van der Waals surface area contributed by atoms with E-state index in [1.54, 1.807) is 6.07 Å². The minimum absolute atomic E-state index is 0.0297. The molecule has 0 radical (unpaired) electrons. The summed E-state index contributed by atoms with van der Waals surface area (Å²) in [7, 11) is 0. The Hall–Kier alpha value is -2.44. The number of aliphatic hydroxyl groups excluding tert-OH is 1. The molecule has 0 aliphatic heterocycles. The van der Waals surface area contributed by atoms with E-state index in [1.807, 2.05) is 24.3 Å². The van der Waals surface area contributed by atoms with Crippen molar-refractivity contribution in [3.8, 4) is 0 Å². The van der Waals surface area contributed by atoms with E-state index in [-0.39, 0.29) is 11.6 Å². The molecule has 0 aliphatic carbocycles. The van der Waals surface area contributed by atoms with Crippen LogP contribution in [0.25, 0.3) is 10.9 Å². The van der Waals surface area contributed by atoms with E-state index >= 15 is 0 Å². The van der Waals surface area contributed by atoms with Gasteiger partial charge in [-0.25, -0.2) is 9.37 Å². The third-order valence-corrected chi connectivity index (χ3v) is 3.70. The summed E-state index contributed by atoms with van der Waals surface area (Å²) in [4.78, 5) is 8.93. The minimum Gasteiger partial charge on any atom is -0.396 e. The van der Waals surface area contributed by atoms with Crippen LogP contribution in [-0.4, -0.2) is 28.2 Å². The number of anilines is 3. The molecular weight excluding hydrogens is 331 g/mol. The Morgan fingerprint density at radius 2 is 1.96 bits per heavy atom. The molecule has 7 heteroatoms. The van der Waals surface area contributed by atoms with Gasteiger partial charge in [0.15, 0.2) is 0 Å². The van der Waals surface area contributed by atoms with Gasteiger partial charge in [-0.3, -0.25) is 0 Å². The number of hydrogen-bond acceptors (Lipinski definition) is 5. The molecule has 24 heavy (non-hydrogen) atoms. The highest BCUT2D eigenvalue weighted by Gasteiger charge is 2.08. The van der Waals surface area contributed by atoms with Crippen LogP contribution < -0.4 is 10.6 Å². The number of aromatic nitrogens is 2. The number of halogens is 2. The predicted molar refractivity (Wildman–Crippen MR) is 94.4 cm³/mol. The van der Waals surface area contributed by atoms with Crippen LogP contribution in [-0.2, 0) is 0 Å². The fourth-order valence-corrected chi connectivity index (χ4v) is 2.44. The maximum Gasteiger partial charge on any atom is 0.229 e. The summed E-state index contributed by atoms with van der Waals surface area (Å²) in [6.07, 6.45) is 0.620. The van der Waals surface area contributed by atoms with Crippen molar-refractivity contribution in [1.82, 2.24) is 9.97 Å². The van der Waals surface area contributed by atoms with Crippen LogP contribution in [0.4, 0.5) is 21.8 Å². The second-order valence-corrected chi connectivity index (χ2v) is 5.58. The van der Waals surface area contributed by atoms with Crippen molar-refractivity contribution in [1.29, 1.82) is 0 Å². The Kier molecular flexibility index (Phi) is 5.08. The van der Waals surface area contributed by atoms with Gasteiger partial charge in [-0.05, 0) is 36.8 Å². The number of para-hydroxylation sites is 1. The highest BCUT2D eigenvalue weighted by molar-refractivity contribution is 6.31. The summed E-state index contributed by atoms with van der Waals surface area (Å²) in [5.41, 5.74) is 1.37. The van der Waals surface area contributed by atoms with E-state index < -0.39 is 5.82 Å². The molecule has 0 fully saturated rings. The number of aliphatic hydroxyl groups is 1. The summed E-state index contributed by atoms with van der Waals surface area (Å²) in [5.74, 6) is 0.570. The molecule has 0 saturated carbocycles. The van der Waals surface area contributed by atoms with Crippen LogP contribution in [0.2, 0.25) is 5.02 Å². The molecule has 5 nitrogen and oxygen atoms in total. The van der Waals surface area contributed by atoms with Crippen LogP contribution in [0.3, 0.4) is 0 Å². The van der Waals surface area contributed by atoms with Crippen molar-refractivity contribution >= 4 is 40.0 Å². The first kappa shape index (κ1) is 16.4. The molecule has 3 rings (SSSR count). The number of nitrogens with zero attached hydrogens (tertiary/aromatic N) is 2. The summed E-state index contributed by atoms with van der Waals surface area (Å²) >= 11 is 5.80. The average Bonchev–Trinajstić information content (AvgIpc) is 2.58. The normalized spacial score (nSPS) is 10.8. The Balaban J connectivity index is 1.93. The molecule has 2 aromatic carbocycles. The molecule has 0 bridgehead atoms. The lowest BCUT2D eigenvalue weighted by molar-refractivity contribution is 0.292. The average molecular weight is 347 g/mol. The van der Waals surface area contributed by atoms with Crippen LogP contribution in [0.15, 0.2) is 42.5 Å². The van der Waals surface area contributed by atoms with Crippen LogP contribution in [0.1, 0.15) is 6.42 Å². The minimum atomic E-state index is -0.479. The number of hydrogen-bond donors (Lipinski definition) is 3. The van der Waals surface area contributed by atoms with Gasteiger partial charge in [0.1, 0.15) is 11.6 Å². The summed E-state index contributed by atoms with van der Waals surface area (Å²) in [6, 6.07) is 12.0. The van der Waals surface area contributed by atoms with Gasteiger partial charge in [0.25, 0.3) is 0 Å². The highest BCUT2D eigenvalue weighted by Crippen LogP contribution is 2.25. The molecule has 1 aromatic heterocycles. The zero-order valence-corrected chi connectivity index (χ0v) is 13.5. The topological polar surface area (TPSA) is 70.1 Å². The molecule has 3 aromatic rings. The van der Waals surface area contributed by atoms with E-state index in [0.29, 0.717) is 30.4 Å². The molecule has 0 unspecified atom stereocenters. The van der Waals surface area contributed by atoms with E-state index in [0.717, 1.165) is 10.9 Å². The van der Waals surface area contributed by atoms with Gasteiger partial charge in [0.05, 0.1) is 10.5 Å². The third kappa shape index (κ3) is 3.72. The lowest BCUT2D eigenvalue weighted by Gasteiger charge is -2.12. The second kappa shape index (κ2) is 7.42. The fraction of sp³-hybridized carbons (Fsp3) is 0.176. The van der Waals surface area contributed by atoms with Gasteiger partial charge >= 0.3 is 0 Å². The van der Waals surface area contributed by atoms with Crippen LogP contribution in [0, 0.1) is 5.82 Å². The molecule has 0 atom stereocenters. The molecule has 1 heterocycles. The first-order valence-electron chi connectivity index (χ1n) is 7.51. The van der Waals surface area contributed by atoms with Crippen molar-refractivity contribution in [2.24, 2.45) is 0 Å². The van der Waals surface area contributed by atoms with Gasteiger partial charge in [-0.15, -0.1) is 0 Å². The highest BCUT2D eigenvalue weighted by atomic mass is 35.5. The van der Waals surface area contributed by atoms with Crippen molar-refractivity contribution in [3.63, 3.8) is 0 Å². The van der Waals surface area contributed by atoms with E-state index in [9.17, 15) is 4.39 Å². The molecule has 0 spiro atoms. The molecule has 124 valence electrons. The summed E-state index contributed by atoms with van der Waals surface area (Å²) < 4.78 is 13.3. The maximum atomic E-state index is 13.3. The zero-order valence-electron chi connectivity index (χ0n) is 12.8. The lowest BCUT2D eigenvalue weighted by atomic mass is 10.2. The van der Waals surface area contributed by atoms with Crippen LogP contribution in [0.5, 0.6) is 0 Å². The summed E-state index contributed by atoms with van der Waals surface area (Å²) in [5, 5.41) is 16.1. The van der Waals surface area contributed by atoms with E-state index in [4.69, 9.17) is 16.7 Å². The van der Waals surface area contributed by atoms with Gasteiger partial charge in [-0.1, -0.05) is 23.7 Å². The standard InChI is InChI=1S/C17H16ClFN4O/c18-13-10-11(6-7-14(13)19)21-17-22-15-5-2-1-4-12(15)16(23-17)20-8-3-9-24/h1-2,4-7,10,24H,3,8-9H2,(H2,20,21,22,23). The number of benzene rings is 2. The van der Waals surface area contributed by atoms with Gasteiger partial charge in [-0.2, -0.15) is 4.98 Å². The number of nitrogens with one attached hydrogen (secondary N) is 2. The molecule has 0 saturated heterocycles. The first-order valence-corrected chi connectivity index (χ1v) is 7.89. The number of fused-ring (bicyclic) bond motifs is 1. The van der Waals surface area contributed by atoms with Crippen molar-refractivity contribution < 1.29 is 9.50 Å². The monoisotopic (exact) mass is 346 g/mol. The third-order valence-electron chi connectivity index (χ3n) is 3.41. The Morgan fingerprint density at radius 3 is 2.75 bits per heavy atom. The first-order chi connectivity index (χ1) is 11.7. The van der Waals surface area contributed by atoms with E-state index in [2.05, 4.69) is 20.6 Å². The molecule has 0 aliphatic rings. The van der Waals surface area contributed by atoms with Gasteiger partial charge in [0, 0.05) is 24.2 Å². The largest absolute Gasteiger partial charge is 0.396 e. The molecule has 3 N–H and O–H groups in total. The smallest absolute Gasteiger partial charge is 0.229 e. The van der Waals surface area contributed by atoms with Crippen molar-refractivity contribution in [2.45, 2.75) is 6.42 Å². The van der Waals surface area contributed by atoms with Gasteiger partial charge < -0.3 is 15.7 Å². The van der Waals surface area contributed by atoms with Crippen molar-refractivity contribution in [3.05, 3.63) is 53.3 Å². The van der Waals surface area contributed by atoms with Gasteiger partial charge in [0.2, 0.25) is 5.95 Å². The SMILES string of the molecule is OCCCNc1nc(Nc2ccc(F)c(Cl)c2)nc2ccccc12.